The Morgan fingerprint density at radius 2 is 1.00 bits per heavy atom. The summed E-state index contributed by atoms with van der Waals surface area (Å²) in [5.41, 5.74) is 5.38. The van der Waals surface area contributed by atoms with E-state index in [9.17, 15) is 0 Å². The Bertz CT molecular complexity index is 828. The lowest BCUT2D eigenvalue weighted by atomic mass is 9.94. The van der Waals surface area contributed by atoms with Gasteiger partial charge in [-0.05, 0) is 68.7 Å². The zero-order valence-electron chi connectivity index (χ0n) is 17.0. The van der Waals surface area contributed by atoms with Gasteiger partial charge < -0.3 is 0 Å². The van der Waals surface area contributed by atoms with Gasteiger partial charge in [-0.1, -0.05) is 65.2 Å². The highest BCUT2D eigenvalue weighted by atomic mass is 79.9. The van der Waals surface area contributed by atoms with Gasteiger partial charge in [0.25, 0.3) is 0 Å². The van der Waals surface area contributed by atoms with Crippen molar-refractivity contribution in [2.24, 2.45) is 0 Å². The van der Waals surface area contributed by atoms with Crippen molar-refractivity contribution in [1.82, 2.24) is 9.97 Å². The molecule has 0 aliphatic rings. The first-order chi connectivity index (χ1) is 13.7. The highest BCUT2D eigenvalue weighted by Gasteiger charge is 2.20. The van der Waals surface area contributed by atoms with Gasteiger partial charge >= 0.3 is 0 Å². The largest absolute Gasteiger partial charge is 0.229 e. The summed E-state index contributed by atoms with van der Waals surface area (Å²) in [6.07, 6.45) is 15.4. The van der Waals surface area contributed by atoms with Gasteiger partial charge in [-0.2, -0.15) is 0 Å². The molecule has 0 saturated carbocycles. The Kier molecular flexibility index (Phi) is 9.20. The predicted octanol–water partition coefficient (Wildman–Crippen LogP) is 9.46. The monoisotopic (exact) mass is 544 g/mol. The van der Waals surface area contributed by atoms with E-state index in [1.807, 2.05) is 0 Å². The van der Waals surface area contributed by atoms with Crippen LogP contribution in [0.1, 0.15) is 89.2 Å². The lowest BCUT2D eigenvalue weighted by molar-refractivity contribution is 0.622. The van der Waals surface area contributed by atoms with Crippen LogP contribution in [0.2, 0.25) is 0 Å². The maximum absolute atomic E-state index is 4.90. The van der Waals surface area contributed by atoms with Crippen LogP contribution in [-0.4, -0.2) is 9.97 Å². The minimum absolute atomic E-state index is 0.987. The topological polar surface area (TPSA) is 25.8 Å². The van der Waals surface area contributed by atoms with Gasteiger partial charge in [-0.3, -0.25) is 0 Å². The third-order valence-electron chi connectivity index (χ3n) is 5.40. The molecule has 0 aliphatic carbocycles. The first-order valence-corrected chi connectivity index (χ1v) is 13.9. The molecule has 0 spiro atoms. The molecule has 2 aromatic heterocycles. The van der Waals surface area contributed by atoms with Gasteiger partial charge in [0.1, 0.15) is 0 Å². The summed E-state index contributed by atoms with van der Waals surface area (Å²) in [4.78, 5) is 9.81. The van der Waals surface area contributed by atoms with Crippen molar-refractivity contribution < 1.29 is 0 Å². The molecule has 0 aliphatic heterocycles. The molecule has 6 heteroatoms. The summed E-state index contributed by atoms with van der Waals surface area (Å²) in [7, 11) is 0. The average molecular weight is 546 g/mol. The van der Waals surface area contributed by atoms with Crippen molar-refractivity contribution in [3.63, 3.8) is 0 Å². The minimum atomic E-state index is 0.987. The lowest BCUT2D eigenvalue weighted by Gasteiger charge is -2.12. The number of hydrogen-bond acceptors (Lipinski definition) is 4. The van der Waals surface area contributed by atoms with Crippen LogP contribution in [0.3, 0.4) is 0 Å². The van der Waals surface area contributed by atoms with Crippen LogP contribution in [0.25, 0.3) is 20.4 Å². The van der Waals surface area contributed by atoms with Crippen molar-refractivity contribution in [3.05, 3.63) is 19.0 Å². The maximum atomic E-state index is 4.90. The summed E-state index contributed by atoms with van der Waals surface area (Å²) in [6, 6.07) is 0. The molecule has 2 heterocycles. The summed E-state index contributed by atoms with van der Waals surface area (Å²) in [5.74, 6) is 0. The van der Waals surface area contributed by atoms with E-state index in [4.69, 9.17) is 9.97 Å². The molecule has 0 bridgehead atoms. The maximum Gasteiger partial charge on any atom is 0.160 e. The summed E-state index contributed by atoms with van der Waals surface area (Å²) < 4.78 is 4.59. The molecule has 1 aromatic carbocycles. The molecular formula is C22H30Br2N2S2. The number of benzene rings is 1. The molecule has 0 radical (unpaired) electrons. The molecule has 28 heavy (non-hydrogen) atoms. The molecule has 0 unspecified atom stereocenters. The van der Waals surface area contributed by atoms with E-state index in [1.54, 1.807) is 22.7 Å². The van der Waals surface area contributed by atoms with Crippen molar-refractivity contribution in [2.75, 3.05) is 0 Å². The van der Waals surface area contributed by atoms with E-state index in [0.29, 0.717) is 0 Å². The van der Waals surface area contributed by atoms with Crippen molar-refractivity contribution in [3.8, 4) is 0 Å². The second-order valence-corrected chi connectivity index (χ2v) is 12.1. The molecule has 154 valence electrons. The molecule has 0 N–H and O–H groups in total. The molecule has 0 saturated heterocycles. The van der Waals surface area contributed by atoms with Crippen LogP contribution < -0.4 is 0 Å². The number of aromatic nitrogens is 2. The molecule has 3 rings (SSSR count). The molecule has 0 atom stereocenters. The first-order valence-electron chi connectivity index (χ1n) is 10.7. The second-order valence-electron chi connectivity index (χ2n) is 7.57. The van der Waals surface area contributed by atoms with Crippen LogP contribution in [-0.2, 0) is 12.8 Å². The average Bonchev–Trinajstić information content (AvgIpc) is 3.24. The smallest absolute Gasteiger partial charge is 0.160 e. The van der Waals surface area contributed by atoms with Crippen molar-refractivity contribution in [1.29, 1.82) is 0 Å². The van der Waals surface area contributed by atoms with Gasteiger partial charge in [-0.15, -0.1) is 22.7 Å². The predicted molar refractivity (Wildman–Crippen MR) is 133 cm³/mol. The Balaban J connectivity index is 1.93. The zero-order chi connectivity index (χ0) is 19.9. The highest BCUT2D eigenvalue weighted by Crippen LogP contribution is 2.42. The van der Waals surface area contributed by atoms with E-state index < -0.39 is 0 Å². The fourth-order valence-corrected chi connectivity index (χ4v) is 7.04. The number of thiazole rings is 2. The third kappa shape index (κ3) is 5.55. The summed E-state index contributed by atoms with van der Waals surface area (Å²) in [6.45, 7) is 4.56. The number of fused-ring (bicyclic) bond motifs is 3. The van der Waals surface area contributed by atoms with Gasteiger partial charge in [0.05, 0.1) is 20.4 Å². The summed E-state index contributed by atoms with van der Waals surface area (Å²) >= 11 is 10.8. The number of unbranched alkanes of at least 4 members (excludes halogenated alkanes) is 8. The number of rotatable bonds is 12. The van der Waals surface area contributed by atoms with E-state index >= 15 is 0 Å². The van der Waals surface area contributed by atoms with Crippen molar-refractivity contribution >= 4 is 75.0 Å². The van der Waals surface area contributed by atoms with Gasteiger partial charge in [0.2, 0.25) is 0 Å². The van der Waals surface area contributed by atoms with Gasteiger partial charge in [0.15, 0.2) is 7.83 Å². The highest BCUT2D eigenvalue weighted by molar-refractivity contribution is 9.11. The van der Waals surface area contributed by atoms with Gasteiger partial charge in [-0.25, -0.2) is 9.97 Å². The van der Waals surface area contributed by atoms with Crippen LogP contribution in [0, 0.1) is 0 Å². The fraction of sp³-hybridized carbons (Fsp3) is 0.636. The normalized spacial score (nSPS) is 11.9. The molecule has 0 fully saturated rings. The Morgan fingerprint density at radius 1 is 0.607 bits per heavy atom. The molecular weight excluding hydrogens is 516 g/mol. The second kappa shape index (κ2) is 11.4. The quantitative estimate of drug-likeness (QED) is 0.212. The fourth-order valence-electron chi connectivity index (χ4n) is 3.94. The van der Waals surface area contributed by atoms with Gasteiger partial charge in [0, 0.05) is 0 Å². The molecule has 2 nitrogen and oxygen atoms in total. The Labute approximate surface area is 193 Å². The molecule has 3 aromatic rings. The molecule has 0 amide bonds. The Hall–Kier alpha value is -0.0400. The number of hydrogen-bond donors (Lipinski definition) is 0. The standard InChI is InChI=1S/C22H30Br2N2S2/c1-3-5-7-9-11-13-15-16(14-12-10-8-6-4-2)18-20(28-22(24)26-18)19-17(15)25-21(23)27-19/h3-14H2,1-2H3. The lowest BCUT2D eigenvalue weighted by Crippen LogP contribution is -1.99. The van der Waals surface area contributed by atoms with Crippen LogP contribution in [0.15, 0.2) is 7.83 Å². The van der Waals surface area contributed by atoms with E-state index in [0.717, 1.165) is 20.7 Å². The van der Waals surface area contributed by atoms with Crippen LogP contribution in [0.5, 0.6) is 0 Å². The van der Waals surface area contributed by atoms with E-state index in [1.165, 1.54) is 95.8 Å². The minimum Gasteiger partial charge on any atom is -0.229 e. The Morgan fingerprint density at radius 3 is 1.39 bits per heavy atom. The van der Waals surface area contributed by atoms with Crippen molar-refractivity contribution in [2.45, 2.75) is 90.9 Å². The number of aryl methyl sites for hydroxylation is 2. The van der Waals surface area contributed by atoms with E-state index in [2.05, 4.69) is 45.7 Å². The van der Waals surface area contributed by atoms with E-state index in [-0.39, 0.29) is 0 Å². The van der Waals surface area contributed by atoms with Crippen LogP contribution in [0.4, 0.5) is 0 Å². The first kappa shape index (κ1) is 22.6. The number of halogens is 2. The third-order valence-corrected chi connectivity index (χ3v) is 8.58. The number of nitrogens with zero attached hydrogens (tertiary/aromatic N) is 2. The van der Waals surface area contributed by atoms with Crippen LogP contribution >= 0.6 is 54.5 Å². The summed E-state index contributed by atoms with van der Waals surface area (Å²) in [5, 5.41) is 0. The SMILES string of the molecule is CCCCCCCc1c(CCCCCCC)c2nc(Br)sc2c2sc(Br)nc12. The zero-order valence-corrected chi connectivity index (χ0v) is 21.8.